The van der Waals surface area contributed by atoms with Gasteiger partial charge in [0.15, 0.2) is 0 Å². The zero-order chi connectivity index (χ0) is 18.6. The van der Waals surface area contributed by atoms with E-state index in [2.05, 4.69) is 0 Å². The van der Waals surface area contributed by atoms with E-state index in [9.17, 15) is 24.9 Å². The fourth-order valence-electron chi connectivity index (χ4n) is 2.53. The van der Waals surface area contributed by atoms with Gasteiger partial charge in [0.1, 0.15) is 28.9 Å². The van der Waals surface area contributed by atoms with Gasteiger partial charge in [-0.1, -0.05) is 35.9 Å². The zero-order valence-corrected chi connectivity index (χ0v) is 14.4. The third-order valence-corrected chi connectivity index (χ3v) is 4.13. The van der Waals surface area contributed by atoms with Gasteiger partial charge in [0, 0.05) is 30.9 Å². The summed E-state index contributed by atoms with van der Waals surface area (Å²) >= 11 is 6.03. The molecule has 0 bridgehead atoms. The minimum atomic E-state index is -0.876. The minimum Gasteiger partial charge on any atom is -0.507 e. The summed E-state index contributed by atoms with van der Waals surface area (Å²) in [6.45, 7) is 1.60. The number of halogens is 1. The number of cyclic esters (lactones) is 1. The minimum absolute atomic E-state index is 0.0166. The molecule has 2 rings (SSSR count). The van der Waals surface area contributed by atoms with Crippen LogP contribution in [0.25, 0.3) is 0 Å². The molecule has 0 spiro atoms. The molecule has 6 nitrogen and oxygen atoms in total. The van der Waals surface area contributed by atoms with Crippen LogP contribution in [0.15, 0.2) is 30.4 Å². The van der Waals surface area contributed by atoms with Crippen LogP contribution < -0.4 is 0 Å². The summed E-state index contributed by atoms with van der Waals surface area (Å²) in [6.07, 6.45) is 4.89. The summed E-state index contributed by atoms with van der Waals surface area (Å²) in [4.78, 5) is 24.6. The number of hydrogen-bond acceptors (Lipinski definition) is 6. The maximum absolute atomic E-state index is 12.4. The van der Waals surface area contributed by atoms with Crippen LogP contribution in [-0.2, 0) is 16.0 Å². The van der Waals surface area contributed by atoms with Crippen LogP contribution in [-0.4, -0.2) is 39.3 Å². The van der Waals surface area contributed by atoms with E-state index in [1.807, 2.05) is 0 Å². The summed E-state index contributed by atoms with van der Waals surface area (Å²) in [7, 11) is 0. The van der Waals surface area contributed by atoms with Gasteiger partial charge in [-0.05, 0) is 6.92 Å². The van der Waals surface area contributed by atoms with Crippen LogP contribution in [0.3, 0.4) is 0 Å². The van der Waals surface area contributed by atoms with Crippen LogP contribution in [0.5, 0.6) is 11.5 Å². The largest absolute Gasteiger partial charge is 0.507 e. The van der Waals surface area contributed by atoms with Gasteiger partial charge in [0.05, 0.1) is 11.1 Å². The molecule has 25 heavy (non-hydrogen) atoms. The highest BCUT2D eigenvalue weighted by atomic mass is 35.5. The van der Waals surface area contributed by atoms with Crippen LogP contribution >= 0.6 is 11.6 Å². The molecule has 134 valence electrons. The summed E-state index contributed by atoms with van der Waals surface area (Å²) in [6, 6.07) is 0.929. The topological polar surface area (TPSA) is 104 Å². The Morgan fingerprint density at radius 1 is 1.20 bits per heavy atom. The molecule has 0 fully saturated rings. The van der Waals surface area contributed by atoms with E-state index in [1.54, 1.807) is 25.2 Å². The molecule has 7 heteroatoms. The number of allylic oxidation sites excluding steroid dienone is 3. The van der Waals surface area contributed by atoms with Crippen molar-refractivity contribution in [3.05, 3.63) is 46.5 Å². The molecule has 3 N–H and O–H groups in total. The molecule has 1 aromatic rings. The molecule has 0 aliphatic carbocycles. The second kappa shape index (κ2) is 8.18. The van der Waals surface area contributed by atoms with Gasteiger partial charge in [-0.25, -0.2) is 4.79 Å². The number of Topliss-reactive ketones (excluding diaryl/α,β-unsaturated/α-hetero) is 1. The number of ether oxygens (including phenoxy) is 1. The smallest absolute Gasteiger partial charge is 0.342 e. The summed E-state index contributed by atoms with van der Waals surface area (Å²) in [5, 5.41) is 29.5. The molecule has 1 aliphatic heterocycles. The van der Waals surface area contributed by atoms with Crippen molar-refractivity contribution in [1.29, 1.82) is 0 Å². The number of hydrogen-bond donors (Lipinski definition) is 3. The van der Waals surface area contributed by atoms with Crippen LogP contribution in [0.2, 0.25) is 5.02 Å². The third kappa shape index (κ3) is 4.84. The molecule has 0 saturated heterocycles. The number of ketones is 1. The summed E-state index contributed by atoms with van der Waals surface area (Å²) in [5.41, 5.74) is -0.239. The Kier molecular flexibility index (Phi) is 6.22. The quantitative estimate of drug-likeness (QED) is 0.610. The van der Waals surface area contributed by atoms with Crippen LogP contribution in [0.1, 0.15) is 35.7 Å². The van der Waals surface area contributed by atoms with Crippen molar-refractivity contribution < 1.29 is 29.6 Å². The van der Waals surface area contributed by atoms with Gasteiger partial charge < -0.3 is 20.1 Å². The summed E-state index contributed by atoms with van der Waals surface area (Å²) < 4.78 is 5.24. The second-order valence-corrected chi connectivity index (χ2v) is 6.21. The van der Waals surface area contributed by atoms with Crippen molar-refractivity contribution in [3.63, 3.8) is 0 Å². The van der Waals surface area contributed by atoms with E-state index in [0.29, 0.717) is 0 Å². The average molecular weight is 367 g/mol. The number of aliphatic hydroxyl groups is 1. The van der Waals surface area contributed by atoms with Crippen LogP contribution in [0, 0.1) is 0 Å². The number of aliphatic hydroxyl groups excluding tert-OH is 1. The lowest BCUT2D eigenvalue weighted by molar-refractivity contribution is -0.117. The van der Waals surface area contributed by atoms with Gasteiger partial charge in [0.2, 0.25) is 0 Å². The molecule has 0 aromatic heterocycles. The number of phenols is 2. The maximum atomic E-state index is 12.4. The number of fused-ring (bicyclic) bond motifs is 1. The van der Waals surface area contributed by atoms with Gasteiger partial charge >= 0.3 is 5.97 Å². The molecule has 0 radical (unpaired) electrons. The van der Waals surface area contributed by atoms with E-state index >= 15 is 0 Å². The molecule has 2 atom stereocenters. The van der Waals surface area contributed by atoms with Gasteiger partial charge in [-0.15, -0.1) is 0 Å². The standard InChI is InChI=1S/C18H19ClO6/c1-10-7-11(20)5-3-2-4-6-12(21)8-13-16(18(24)25-10)14(22)9-15(23)17(13)19/h2-5,9-11,20,22-23H,6-8H2,1H3. The van der Waals surface area contributed by atoms with Crippen molar-refractivity contribution >= 4 is 23.4 Å². The first-order valence-corrected chi connectivity index (χ1v) is 8.14. The highest BCUT2D eigenvalue weighted by Gasteiger charge is 2.26. The highest BCUT2D eigenvalue weighted by Crippen LogP contribution is 2.37. The molecular weight excluding hydrogens is 348 g/mol. The van der Waals surface area contributed by atoms with Crippen molar-refractivity contribution in [2.75, 3.05) is 0 Å². The fraction of sp³-hybridized carbons (Fsp3) is 0.333. The van der Waals surface area contributed by atoms with E-state index < -0.39 is 29.7 Å². The normalized spacial score (nSPS) is 22.2. The predicted octanol–water partition coefficient (Wildman–Crippen LogP) is 2.68. The Morgan fingerprint density at radius 2 is 1.92 bits per heavy atom. The van der Waals surface area contributed by atoms with Crippen molar-refractivity contribution in [2.45, 2.75) is 38.4 Å². The molecule has 0 amide bonds. The first-order chi connectivity index (χ1) is 11.8. The molecule has 1 aromatic carbocycles. The Labute approximate surface area is 150 Å². The Hall–Kier alpha value is -2.31. The van der Waals surface area contributed by atoms with Gasteiger partial charge in [0.25, 0.3) is 0 Å². The highest BCUT2D eigenvalue weighted by molar-refractivity contribution is 6.33. The molecular formula is C18H19ClO6. The Bertz CT molecular complexity index is 738. The number of phenolic OH excluding ortho intramolecular Hbond substituents is 2. The van der Waals surface area contributed by atoms with E-state index in [-0.39, 0.29) is 41.2 Å². The fourth-order valence-corrected chi connectivity index (χ4v) is 2.74. The lowest BCUT2D eigenvalue weighted by Gasteiger charge is -2.18. The molecule has 0 saturated carbocycles. The summed E-state index contributed by atoms with van der Waals surface area (Å²) in [5.74, 6) is -2.10. The zero-order valence-electron chi connectivity index (χ0n) is 13.6. The van der Waals surface area contributed by atoms with Gasteiger partial charge in [-0.3, -0.25) is 4.79 Å². The number of carbonyl (C=O) groups is 2. The number of carbonyl (C=O) groups excluding carboxylic acids is 2. The monoisotopic (exact) mass is 366 g/mol. The average Bonchev–Trinajstić information content (AvgIpc) is 2.50. The predicted molar refractivity (Wildman–Crippen MR) is 91.9 cm³/mol. The lowest BCUT2D eigenvalue weighted by Crippen LogP contribution is -2.21. The lowest BCUT2D eigenvalue weighted by atomic mass is 9.99. The first-order valence-electron chi connectivity index (χ1n) is 7.77. The van der Waals surface area contributed by atoms with Gasteiger partial charge in [-0.2, -0.15) is 0 Å². The molecule has 2 unspecified atom stereocenters. The Morgan fingerprint density at radius 3 is 2.64 bits per heavy atom. The van der Waals surface area contributed by atoms with Crippen molar-refractivity contribution in [2.24, 2.45) is 0 Å². The molecule has 1 heterocycles. The second-order valence-electron chi connectivity index (χ2n) is 5.83. The number of benzene rings is 1. The Balaban J connectivity index is 2.49. The number of aromatic hydroxyl groups is 2. The van der Waals surface area contributed by atoms with E-state index in [4.69, 9.17) is 16.3 Å². The number of rotatable bonds is 0. The SMILES string of the molecule is CC1CC(O)C=CC=CCC(=O)Cc2c(Cl)c(O)cc(O)c2C(=O)O1. The molecule has 1 aliphatic rings. The van der Waals surface area contributed by atoms with Crippen LogP contribution in [0.4, 0.5) is 0 Å². The first kappa shape index (κ1) is 19.0. The van der Waals surface area contributed by atoms with Crippen molar-refractivity contribution in [3.8, 4) is 11.5 Å². The maximum Gasteiger partial charge on any atom is 0.342 e. The van der Waals surface area contributed by atoms with E-state index in [1.165, 1.54) is 6.08 Å². The third-order valence-electron chi connectivity index (χ3n) is 3.71. The number of esters is 1. The van der Waals surface area contributed by atoms with E-state index in [0.717, 1.165) is 6.07 Å². The van der Waals surface area contributed by atoms with Crippen molar-refractivity contribution in [1.82, 2.24) is 0 Å².